The van der Waals surface area contributed by atoms with Crippen LogP contribution in [0.25, 0.3) is 16.3 Å². The van der Waals surface area contributed by atoms with E-state index in [1.54, 1.807) is 0 Å². The zero-order chi connectivity index (χ0) is 11.0. The molecule has 0 N–H and O–H groups in total. The Labute approximate surface area is 95.0 Å². The van der Waals surface area contributed by atoms with Crippen molar-refractivity contribution in [3.63, 3.8) is 0 Å². The molecule has 0 fully saturated rings. The lowest BCUT2D eigenvalue weighted by molar-refractivity contribution is -0.510. The van der Waals surface area contributed by atoms with Crippen molar-refractivity contribution in [2.45, 2.75) is 13.3 Å². The van der Waals surface area contributed by atoms with Gasteiger partial charge < -0.3 is 0 Å². The van der Waals surface area contributed by atoms with E-state index < -0.39 is 0 Å². The molecular formula is C15H14N+. The van der Waals surface area contributed by atoms with Gasteiger partial charge in [0.1, 0.15) is 0 Å². The third kappa shape index (κ3) is 1.45. The standard InChI is InChI=1S/C15H14N/c1-2-12-7-8-15-9-13-5-3-4-6-14(13)11-16(15)10-12/h3-11H,2H2,1H3/q+1. The molecule has 1 nitrogen and oxygen atoms in total. The number of nitrogens with zero attached hydrogens (tertiary/aromatic N) is 1. The van der Waals surface area contributed by atoms with Crippen molar-refractivity contribution < 1.29 is 4.40 Å². The van der Waals surface area contributed by atoms with Gasteiger partial charge >= 0.3 is 0 Å². The van der Waals surface area contributed by atoms with E-state index in [0.717, 1.165) is 6.42 Å². The Bertz CT molecular complexity index is 656. The van der Waals surface area contributed by atoms with Crippen LogP contribution in [-0.2, 0) is 6.42 Å². The molecule has 0 aliphatic heterocycles. The number of rotatable bonds is 1. The van der Waals surface area contributed by atoms with E-state index in [0.29, 0.717) is 0 Å². The third-order valence-electron chi connectivity index (χ3n) is 3.06. The quantitative estimate of drug-likeness (QED) is 0.427. The molecular weight excluding hydrogens is 194 g/mol. The minimum atomic E-state index is 1.08. The smallest absolute Gasteiger partial charge is 0.166 e. The minimum Gasteiger partial charge on any atom is -0.166 e. The fourth-order valence-electron chi connectivity index (χ4n) is 2.09. The van der Waals surface area contributed by atoms with Gasteiger partial charge in [0.05, 0.1) is 0 Å². The summed E-state index contributed by atoms with van der Waals surface area (Å²) in [5.74, 6) is 0. The highest BCUT2D eigenvalue weighted by molar-refractivity contribution is 5.83. The largest absolute Gasteiger partial charge is 0.211 e. The van der Waals surface area contributed by atoms with Crippen molar-refractivity contribution in [2.75, 3.05) is 0 Å². The molecule has 0 radical (unpaired) electrons. The number of hydrogen-bond acceptors (Lipinski definition) is 0. The van der Waals surface area contributed by atoms with E-state index in [4.69, 9.17) is 0 Å². The molecule has 2 aromatic heterocycles. The summed E-state index contributed by atoms with van der Waals surface area (Å²) in [5.41, 5.74) is 2.61. The van der Waals surface area contributed by atoms with Crippen molar-refractivity contribution in [3.05, 3.63) is 60.4 Å². The molecule has 0 unspecified atom stereocenters. The fourth-order valence-corrected chi connectivity index (χ4v) is 2.09. The predicted molar refractivity (Wildman–Crippen MR) is 66.5 cm³/mol. The lowest BCUT2D eigenvalue weighted by Gasteiger charge is -1.98. The molecule has 0 amide bonds. The van der Waals surface area contributed by atoms with Gasteiger partial charge in [-0.25, -0.2) is 0 Å². The summed E-state index contributed by atoms with van der Waals surface area (Å²) in [4.78, 5) is 0. The number of aromatic nitrogens is 1. The SMILES string of the molecule is CCc1ccc2cc3ccccc3c[n+]2c1. The van der Waals surface area contributed by atoms with Crippen LogP contribution in [-0.4, -0.2) is 0 Å². The van der Waals surface area contributed by atoms with E-state index >= 15 is 0 Å². The van der Waals surface area contributed by atoms with Gasteiger partial charge in [0.25, 0.3) is 0 Å². The molecule has 0 aliphatic rings. The average Bonchev–Trinajstić information content (AvgIpc) is 2.35. The topological polar surface area (TPSA) is 4.10 Å². The predicted octanol–water partition coefficient (Wildman–Crippen LogP) is 3.14. The fraction of sp³-hybridized carbons (Fsp3) is 0.133. The molecule has 0 bridgehead atoms. The Morgan fingerprint density at radius 2 is 1.75 bits per heavy atom. The van der Waals surface area contributed by atoms with E-state index in [1.807, 2.05) is 0 Å². The summed E-state index contributed by atoms with van der Waals surface area (Å²) in [7, 11) is 0. The van der Waals surface area contributed by atoms with E-state index in [2.05, 4.69) is 66.2 Å². The second-order valence-corrected chi connectivity index (χ2v) is 4.13. The maximum Gasteiger partial charge on any atom is 0.211 e. The number of pyridine rings is 2. The van der Waals surface area contributed by atoms with Gasteiger partial charge in [0, 0.05) is 23.1 Å². The maximum absolute atomic E-state index is 2.23. The highest BCUT2D eigenvalue weighted by atomic mass is 14.8. The summed E-state index contributed by atoms with van der Waals surface area (Å²) in [6, 6.07) is 15.1. The normalized spacial score (nSPS) is 11.1. The number of benzene rings is 1. The lowest BCUT2D eigenvalue weighted by Crippen LogP contribution is -2.21. The first kappa shape index (κ1) is 9.34. The monoisotopic (exact) mass is 208 g/mol. The Morgan fingerprint density at radius 1 is 0.938 bits per heavy atom. The Morgan fingerprint density at radius 3 is 2.56 bits per heavy atom. The summed E-state index contributed by atoms with van der Waals surface area (Å²) < 4.78 is 2.21. The van der Waals surface area contributed by atoms with Gasteiger partial charge in [-0.3, -0.25) is 0 Å². The first-order valence-electron chi connectivity index (χ1n) is 5.69. The van der Waals surface area contributed by atoms with Crippen LogP contribution < -0.4 is 4.40 Å². The third-order valence-corrected chi connectivity index (χ3v) is 3.06. The zero-order valence-electron chi connectivity index (χ0n) is 9.35. The summed E-state index contributed by atoms with van der Waals surface area (Å²) in [6.45, 7) is 2.18. The second kappa shape index (κ2) is 3.60. The second-order valence-electron chi connectivity index (χ2n) is 4.13. The van der Waals surface area contributed by atoms with Crippen LogP contribution in [0.4, 0.5) is 0 Å². The number of fused-ring (bicyclic) bond motifs is 2. The first-order chi connectivity index (χ1) is 7.86. The van der Waals surface area contributed by atoms with E-state index in [1.165, 1.54) is 21.9 Å². The summed E-state index contributed by atoms with van der Waals surface area (Å²) in [5, 5.41) is 2.58. The van der Waals surface area contributed by atoms with E-state index in [-0.39, 0.29) is 0 Å². The van der Waals surface area contributed by atoms with Crippen LogP contribution in [0.1, 0.15) is 12.5 Å². The Balaban J connectivity index is 2.37. The van der Waals surface area contributed by atoms with Crippen LogP contribution in [0.5, 0.6) is 0 Å². The molecule has 2 heterocycles. The molecule has 0 spiro atoms. The van der Waals surface area contributed by atoms with E-state index in [9.17, 15) is 0 Å². The molecule has 0 aliphatic carbocycles. The van der Waals surface area contributed by atoms with Gasteiger partial charge in [-0.2, -0.15) is 4.40 Å². The van der Waals surface area contributed by atoms with Crippen molar-refractivity contribution in [1.82, 2.24) is 0 Å². The minimum absolute atomic E-state index is 1.08. The van der Waals surface area contributed by atoms with Gasteiger partial charge in [0.2, 0.25) is 5.52 Å². The molecule has 1 aromatic carbocycles. The molecule has 0 saturated heterocycles. The molecule has 1 heteroatoms. The highest BCUT2D eigenvalue weighted by Crippen LogP contribution is 2.13. The average molecular weight is 208 g/mol. The Hall–Kier alpha value is -1.89. The van der Waals surface area contributed by atoms with Crippen molar-refractivity contribution in [2.24, 2.45) is 0 Å². The van der Waals surface area contributed by atoms with Gasteiger partial charge in [-0.1, -0.05) is 25.1 Å². The lowest BCUT2D eigenvalue weighted by atomic mass is 10.1. The molecule has 0 atom stereocenters. The van der Waals surface area contributed by atoms with Crippen molar-refractivity contribution in [3.8, 4) is 0 Å². The number of hydrogen-bond donors (Lipinski definition) is 0. The molecule has 78 valence electrons. The van der Waals surface area contributed by atoms with Gasteiger partial charge in [0.15, 0.2) is 12.4 Å². The zero-order valence-corrected chi connectivity index (χ0v) is 9.35. The van der Waals surface area contributed by atoms with Crippen molar-refractivity contribution >= 4 is 16.3 Å². The van der Waals surface area contributed by atoms with Crippen LogP contribution in [0.2, 0.25) is 0 Å². The first-order valence-corrected chi connectivity index (χ1v) is 5.69. The molecule has 3 rings (SSSR count). The van der Waals surface area contributed by atoms with Crippen molar-refractivity contribution in [1.29, 1.82) is 0 Å². The van der Waals surface area contributed by atoms with Crippen LogP contribution in [0, 0.1) is 0 Å². The molecule has 0 saturated carbocycles. The molecule has 3 aromatic rings. The number of aryl methyl sites for hydroxylation is 1. The van der Waals surface area contributed by atoms with Gasteiger partial charge in [-0.05, 0) is 23.9 Å². The Kier molecular flexibility index (Phi) is 2.10. The molecule has 16 heavy (non-hydrogen) atoms. The van der Waals surface area contributed by atoms with Crippen LogP contribution >= 0.6 is 0 Å². The summed E-state index contributed by atoms with van der Waals surface area (Å²) in [6.07, 6.45) is 5.49. The van der Waals surface area contributed by atoms with Crippen LogP contribution in [0.3, 0.4) is 0 Å². The van der Waals surface area contributed by atoms with Crippen LogP contribution in [0.15, 0.2) is 54.9 Å². The maximum atomic E-state index is 2.23. The highest BCUT2D eigenvalue weighted by Gasteiger charge is 2.05. The van der Waals surface area contributed by atoms with Gasteiger partial charge in [-0.15, -0.1) is 0 Å². The summed E-state index contributed by atoms with van der Waals surface area (Å²) >= 11 is 0.